The summed E-state index contributed by atoms with van der Waals surface area (Å²) in [4.78, 5) is 19.0. The second-order valence-corrected chi connectivity index (χ2v) is 6.97. The molecule has 1 saturated heterocycles. The van der Waals surface area contributed by atoms with Crippen LogP contribution in [0.25, 0.3) is 0 Å². The molecule has 1 fully saturated rings. The molecule has 27 heavy (non-hydrogen) atoms. The van der Waals surface area contributed by atoms with Gasteiger partial charge in [-0.05, 0) is 51.0 Å². The standard InChI is InChI=1S/C21H27N3O3/c1-15(2)27-21(25)19-8-5-11-22-20(19)24-12-9-16(10-13-24)23-17-6-4-7-18(14-17)26-3/h4-8,11,14-16,23H,9-10,12-13H2,1-3H3. The highest BCUT2D eigenvalue weighted by Crippen LogP contribution is 2.25. The van der Waals surface area contributed by atoms with Gasteiger partial charge in [0.1, 0.15) is 17.1 Å². The third-order valence-corrected chi connectivity index (χ3v) is 4.58. The summed E-state index contributed by atoms with van der Waals surface area (Å²) in [7, 11) is 1.67. The predicted octanol–water partition coefficient (Wildman–Crippen LogP) is 3.74. The van der Waals surface area contributed by atoms with Crippen molar-refractivity contribution in [2.45, 2.75) is 38.8 Å². The Kier molecular flexibility index (Phi) is 6.16. The van der Waals surface area contributed by atoms with Crippen LogP contribution < -0.4 is 15.0 Å². The number of ether oxygens (including phenoxy) is 2. The van der Waals surface area contributed by atoms with Crippen molar-refractivity contribution in [1.82, 2.24) is 4.98 Å². The van der Waals surface area contributed by atoms with E-state index in [1.54, 1.807) is 25.4 Å². The van der Waals surface area contributed by atoms with E-state index >= 15 is 0 Å². The maximum absolute atomic E-state index is 12.4. The number of methoxy groups -OCH3 is 1. The van der Waals surface area contributed by atoms with Crippen LogP contribution in [0.4, 0.5) is 11.5 Å². The van der Waals surface area contributed by atoms with E-state index in [0.29, 0.717) is 17.4 Å². The summed E-state index contributed by atoms with van der Waals surface area (Å²) in [5, 5.41) is 3.57. The summed E-state index contributed by atoms with van der Waals surface area (Å²) in [5.74, 6) is 1.24. The van der Waals surface area contributed by atoms with Gasteiger partial charge in [0, 0.05) is 37.1 Å². The van der Waals surface area contributed by atoms with E-state index in [1.807, 2.05) is 38.1 Å². The molecule has 0 aliphatic carbocycles. The summed E-state index contributed by atoms with van der Waals surface area (Å²) >= 11 is 0. The number of piperidine rings is 1. The lowest BCUT2D eigenvalue weighted by molar-refractivity contribution is 0.0378. The van der Waals surface area contributed by atoms with Crippen LogP contribution in [0.3, 0.4) is 0 Å². The van der Waals surface area contributed by atoms with Crippen LogP contribution in [0.5, 0.6) is 5.75 Å². The third kappa shape index (κ3) is 4.90. The first kappa shape index (κ1) is 19.0. The first-order valence-electron chi connectivity index (χ1n) is 9.38. The predicted molar refractivity (Wildman–Crippen MR) is 107 cm³/mol. The molecule has 6 nitrogen and oxygen atoms in total. The maximum atomic E-state index is 12.4. The van der Waals surface area contributed by atoms with E-state index < -0.39 is 0 Å². The molecule has 3 rings (SSSR count). The Morgan fingerprint density at radius 3 is 2.70 bits per heavy atom. The minimum absolute atomic E-state index is 0.150. The number of carbonyl (C=O) groups excluding carboxylic acids is 1. The molecule has 1 aliphatic heterocycles. The first-order valence-corrected chi connectivity index (χ1v) is 9.38. The van der Waals surface area contributed by atoms with Crippen LogP contribution in [0, 0.1) is 0 Å². The number of nitrogens with one attached hydrogen (secondary N) is 1. The Hall–Kier alpha value is -2.76. The number of esters is 1. The summed E-state index contributed by atoms with van der Waals surface area (Å²) < 4.78 is 10.6. The fraction of sp³-hybridized carbons (Fsp3) is 0.429. The number of pyridine rings is 1. The van der Waals surface area contributed by atoms with Gasteiger partial charge in [0.25, 0.3) is 0 Å². The molecule has 6 heteroatoms. The van der Waals surface area contributed by atoms with Crippen molar-refractivity contribution in [3.05, 3.63) is 48.2 Å². The van der Waals surface area contributed by atoms with Crippen LogP contribution in [0.2, 0.25) is 0 Å². The molecule has 0 unspecified atom stereocenters. The number of hydrogen-bond donors (Lipinski definition) is 1. The van der Waals surface area contributed by atoms with Crippen LogP contribution in [0.15, 0.2) is 42.6 Å². The van der Waals surface area contributed by atoms with Gasteiger partial charge in [-0.25, -0.2) is 9.78 Å². The summed E-state index contributed by atoms with van der Waals surface area (Å²) in [5.41, 5.74) is 1.59. The molecule has 0 spiro atoms. The zero-order valence-corrected chi connectivity index (χ0v) is 16.1. The first-order chi connectivity index (χ1) is 13.1. The number of anilines is 2. The van der Waals surface area contributed by atoms with Crippen molar-refractivity contribution in [3.63, 3.8) is 0 Å². The van der Waals surface area contributed by atoms with Gasteiger partial charge < -0.3 is 19.7 Å². The van der Waals surface area contributed by atoms with Gasteiger partial charge in [-0.15, -0.1) is 0 Å². The Morgan fingerprint density at radius 2 is 2.00 bits per heavy atom. The van der Waals surface area contributed by atoms with Crippen molar-refractivity contribution >= 4 is 17.5 Å². The van der Waals surface area contributed by atoms with Crippen molar-refractivity contribution in [2.24, 2.45) is 0 Å². The van der Waals surface area contributed by atoms with Crippen molar-refractivity contribution in [1.29, 1.82) is 0 Å². The van der Waals surface area contributed by atoms with Gasteiger partial charge in [-0.3, -0.25) is 0 Å². The zero-order chi connectivity index (χ0) is 19.2. The topological polar surface area (TPSA) is 63.7 Å². The van der Waals surface area contributed by atoms with Crippen LogP contribution in [-0.4, -0.2) is 43.3 Å². The highest BCUT2D eigenvalue weighted by molar-refractivity contribution is 5.94. The lowest BCUT2D eigenvalue weighted by Gasteiger charge is -2.34. The number of hydrogen-bond acceptors (Lipinski definition) is 6. The Balaban J connectivity index is 1.63. The van der Waals surface area contributed by atoms with Gasteiger partial charge in [0.15, 0.2) is 0 Å². The quantitative estimate of drug-likeness (QED) is 0.783. The van der Waals surface area contributed by atoms with Crippen LogP contribution in [-0.2, 0) is 4.74 Å². The molecule has 0 atom stereocenters. The highest BCUT2D eigenvalue weighted by Gasteiger charge is 2.24. The third-order valence-electron chi connectivity index (χ3n) is 4.58. The lowest BCUT2D eigenvalue weighted by Crippen LogP contribution is -2.40. The van der Waals surface area contributed by atoms with Gasteiger partial charge in [0.2, 0.25) is 0 Å². The summed E-state index contributed by atoms with van der Waals surface area (Å²) in [6, 6.07) is 11.9. The normalized spacial score (nSPS) is 14.9. The molecule has 1 aromatic carbocycles. The molecule has 0 amide bonds. The van der Waals surface area contributed by atoms with E-state index in [9.17, 15) is 4.79 Å². The van der Waals surface area contributed by atoms with Gasteiger partial charge >= 0.3 is 5.97 Å². The molecule has 0 saturated carbocycles. The second kappa shape index (κ2) is 8.75. The minimum Gasteiger partial charge on any atom is -0.497 e. The van der Waals surface area contributed by atoms with Gasteiger partial charge in [-0.2, -0.15) is 0 Å². The molecule has 2 heterocycles. The summed E-state index contributed by atoms with van der Waals surface area (Å²) in [6.45, 7) is 5.37. The van der Waals surface area contributed by atoms with Gasteiger partial charge in [0.05, 0.1) is 13.2 Å². The number of carbonyl (C=O) groups is 1. The zero-order valence-electron chi connectivity index (χ0n) is 16.1. The minimum atomic E-state index is -0.315. The van der Waals surface area contributed by atoms with Gasteiger partial charge in [-0.1, -0.05) is 6.07 Å². The molecule has 2 aromatic rings. The fourth-order valence-corrected chi connectivity index (χ4v) is 3.27. The van der Waals surface area contributed by atoms with Crippen LogP contribution in [0.1, 0.15) is 37.0 Å². The Labute approximate surface area is 160 Å². The Bertz CT molecular complexity index is 771. The van der Waals surface area contributed by atoms with E-state index in [0.717, 1.165) is 37.4 Å². The smallest absolute Gasteiger partial charge is 0.342 e. The number of benzene rings is 1. The SMILES string of the molecule is COc1cccc(NC2CCN(c3ncccc3C(=O)OC(C)C)CC2)c1. The molecular formula is C21H27N3O3. The number of rotatable bonds is 6. The highest BCUT2D eigenvalue weighted by atomic mass is 16.5. The van der Waals surface area contributed by atoms with Crippen molar-refractivity contribution in [3.8, 4) is 5.75 Å². The molecule has 1 aromatic heterocycles. The molecular weight excluding hydrogens is 342 g/mol. The van der Waals surface area contributed by atoms with E-state index in [1.165, 1.54) is 0 Å². The number of aromatic nitrogens is 1. The monoisotopic (exact) mass is 369 g/mol. The van der Waals surface area contributed by atoms with Crippen LogP contribution >= 0.6 is 0 Å². The average Bonchev–Trinajstić information content (AvgIpc) is 2.68. The van der Waals surface area contributed by atoms with E-state index in [4.69, 9.17) is 9.47 Å². The van der Waals surface area contributed by atoms with E-state index in [2.05, 4.69) is 15.2 Å². The van der Waals surface area contributed by atoms with Crippen molar-refractivity contribution in [2.75, 3.05) is 30.4 Å². The maximum Gasteiger partial charge on any atom is 0.342 e. The number of nitrogens with zero attached hydrogens (tertiary/aromatic N) is 2. The largest absolute Gasteiger partial charge is 0.497 e. The molecule has 1 aliphatic rings. The summed E-state index contributed by atoms with van der Waals surface area (Å²) in [6.07, 6.45) is 3.50. The van der Waals surface area contributed by atoms with Crippen molar-refractivity contribution < 1.29 is 14.3 Å². The fourth-order valence-electron chi connectivity index (χ4n) is 3.27. The molecule has 0 radical (unpaired) electrons. The molecule has 1 N–H and O–H groups in total. The average molecular weight is 369 g/mol. The molecule has 0 bridgehead atoms. The molecule has 144 valence electrons. The Morgan fingerprint density at radius 1 is 1.22 bits per heavy atom. The van der Waals surface area contributed by atoms with E-state index in [-0.39, 0.29) is 12.1 Å². The lowest BCUT2D eigenvalue weighted by atomic mass is 10.0. The second-order valence-electron chi connectivity index (χ2n) is 6.97.